The summed E-state index contributed by atoms with van der Waals surface area (Å²) in [6, 6.07) is 7.13. The van der Waals surface area contributed by atoms with Crippen molar-refractivity contribution in [2.45, 2.75) is 33.5 Å². The maximum absolute atomic E-state index is 11.5. The lowest BCUT2D eigenvalue weighted by atomic mass is 10.1. The predicted molar refractivity (Wildman–Crippen MR) is 73.6 cm³/mol. The Labute approximate surface area is 114 Å². The number of ketones is 1. The fourth-order valence-electron chi connectivity index (χ4n) is 1.62. The summed E-state index contributed by atoms with van der Waals surface area (Å²) in [5.41, 5.74) is 0.709. The van der Waals surface area contributed by atoms with Gasteiger partial charge in [0.1, 0.15) is 12.4 Å². The van der Waals surface area contributed by atoms with Gasteiger partial charge in [-0.2, -0.15) is 0 Å². The van der Waals surface area contributed by atoms with Crippen LogP contribution in [0.25, 0.3) is 0 Å². The first kappa shape index (κ1) is 15.7. The maximum atomic E-state index is 11.5. The van der Waals surface area contributed by atoms with Crippen LogP contribution in [0.1, 0.15) is 37.6 Å². The highest BCUT2D eigenvalue weighted by molar-refractivity contribution is 5.95. The van der Waals surface area contributed by atoms with Crippen LogP contribution in [0.2, 0.25) is 0 Å². The topological polar surface area (TPSA) is 44.8 Å². The lowest BCUT2D eigenvalue weighted by Gasteiger charge is -2.17. The molecule has 0 radical (unpaired) electrons. The van der Waals surface area contributed by atoms with Crippen LogP contribution in [-0.2, 0) is 9.47 Å². The zero-order valence-electron chi connectivity index (χ0n) is 11.8. The largest absolute Gasteiger partial charge is 0.488 e. The Morgan fingerprint density at radius 1 is 1.05 bits per heavy atom. The lowest BCUT2D eigenvalue weighted by Crippen LogP contribution is -2.25. The molecule has 0 aliphatic rings. The first-order valence-electron chi connectivity index (χ1n) is 6.70. The summed E-state index contributed by atoms with van der Waals surface area (Å²) < 4.78 is 16.3. The molecule has 0 unspecified atom stereocenters. The zero-order chi connectivity index (χ0) is 14.1. The van der Waals surface area contributed by atoms with Crippen LogP contribution in [0.4, 0.5) is 0 Å². The van der Waals surface area contributed by atoms with Crippen LogP contribution >= 0.6 is 0 Å². The van der Waals surface area contributed by atoms with E-state index in [2.05, 4.69) is 0 Å². The van der Waals surface area contributed by atoms with Gasteiger partial charge in [-0.05, 0) is 38.1 Å². The van der Waals surface area contributed by atoms with E-state index in [0.717, 1.165) is 0 Å². The molecule has 0 aliphatic carbocycles. The van der Waals surface area contributed by atoms with Gasteiger partial charge in [0, 0.05) is 25.2 Å². The van der Waals surface area contributed by atoms with Crippen molar-refractivity contribution in [1.29, 1.82) is 0 Å². The number of rotatable bonds is 9. The number of hydrogen-bond donors (Lipinski definition) is 0. The number of ether oxygens (including phenoxy) is 3. The van der Waals surface area contributed by atoms with E-state index in [0.29, 0.717) is 37.6 Å². The minimum absolute atomic E-state index is 0.132. The molecule has 1 rings (SSSR count). The summed E-state index contributed by atoms with van der Waals surface area (Å²) in [7, 11) is 0. The molecule has 4 nitrogen and oxygen atoms in total. The van der Waals surface area contributed by atoms with Gasteiger partial charge in [-0.1, -0.05) is 6.92 Å². The number of carbonyl (C=O) groups is 1. The Hall–Kier alpha value is -1.39. The molecule has 4 heteroatoms. The minimum Gasteiger partial charge on any atom is -0.488 e. The molecule has 0 aromatic heterocycles. The highest BCUT2D eigenvalue weighted by Crippen LogP contribution is 2.14. The molecule has 0 N–H and O–H groups in total. The second kappa shape index (κ2) is 8.67. The van der Waals surface area contributed by atoms with Gasteiger partial charge in [-0.25, -0.2) is 0 Å². The first-order valence-corrected chi connectivity index (χ1v) is 6.70. The average Bonchev–Trinajstić information content (AvgIpc) is 2.45. The molecule has 0 heterocycles. The molecule has 0 amide bonds. The van der Waals surface area contributed by atoms with E-state index in [1.807, 2.05) is 20.8 Å². The Morgan fingerprint density at radius 2 is 1.63 bits per heavy atom. The van der Waals surface area contributed by atoms with Gasteiger partial charge < -0.3 is 14.2 Å². The standard InChI is InChI=1S/C15H22O4/c1-4-14(16)12-7-9-13(10-8-12)19-11-15(17-5-2)18-6-3/h7-10,15H,4-6,11H2,1-3H3. The summed E-state index contributed by atoms with van der Waals surface area (Å²) in [4.78, 5) is 11.5. The third-order valence-electron chi connectivity index (χ3n) is 2.59. The third-order valence-corrected chi connectivity index (χ3v) is 2.59. The molecule has 1 aromatic rings. The lowest BCUT2D eigenvalue weighted by molar-refractivity contribution is -0.152. The van der Waals surface area contributed by atoms with Crippen molar-refractivity contribution in [3.05, 3.63) is 29.8 Å². The van der Waals surface area contributed by atoms with Gasteiger partial charge in [0.05, 0.1) is 0 Å². The van der Waals surface area contributed by atoms with Crippen molar-refractivity contribution in [1.82, 2.24) is 0 Å². The quantitative estimate of drug-likeness (QED) is 0.509. The Kier molecular flexibility index (Phi) is 7.15. The number of hydrogen-bond acceptors (Lipinski definition) is 4. The summed E-state index contributed by atoms with van der Waals surface area (Å²) in [6.07, 6.45) is 0.156. The van der Waals surface area contributed by atoms with Gasteiger partial charge >= 0.3 is 0 Å². The molecule has 19 heavy (non-hydrogen) atoms. The van der Waals surface area contributed by atoms with Crippen LogP contribution < -0.4 is 4.74 Å². The summed E-state index contributed by atoms with van der Waals surface area (Å²) >= 11 is 0. The maximum Gasteiger partial charge on any atom is 0.191 e. The van der Waals surface area contributed by atoms with Crippen LogP contribution in [-0.4, -0.2) is 31.9 Å². The molecule has 0 fully saturated rings. The van der Waals surface area contributed by atoms with Gasteiger partial charge in [-0.15, -0.1) is 0 Å². The summed E-state index contributed by atoms with van der Waals surface area (Å²) in [5.74, 6) is 0.838. The van der Waals surface area contributed by atoms with Gasteiger partial charge in [0.25, 0.3) is 0 Å². The van der Waals surface area contributed by atoms with E-state index in [4.69, 9.17) is 14.2 Å². The third kappa shape index (κ3) is 5.41. The van der Waals surface area contributed by atoms with Gasteiger partial charge in [0.2, 0.25) is 0 Å². The van der Waals surface area contributed by atoms with Gasteiger partial charge in [0.15, 0.2) is 12.1 Å². The van der Waals surface area contributed by atoms with Crippen molar-refractivity contribution < 1.29 is 19.0 Å². The number of carbonyl (C=O) groups excluding carboxylic acids is 1. The average molecular weight is 266 g/mol. The first-order chi connectivity index (χ1) is 9.21. The summed E-state index contributed by atoms with van der Waals surface area (Å²) in [5, 5.41) is 0. The van der Waals surface area contributed by atoms with Crippen molar-refractivity contribution in [3.63, 3.8) is 0 Å². The number of Topliss-reactive ketones (excluding diaryl/α,β-unsaturated/α-hetero) is 1. The van der Waals surface area contributed by atoms with Crippen molar-refractivity contribution in [3.8, 4) is 5.75 Å². The molecule has 0 saturated heterocycles. The van der Waals surface area contributed by atoms with Crippen molar-refractivity contribution in [2.24, 2.45) is 0 Å². The molecule has 0 aliphatic heterocycles. The molecule has 106 valence electrons. The monoisotopic (exact) mass is 266 g/mol. The van der Waals surface area contributed by atoms with Gasteiger partial charge in [-0.3, -0.25) is 4.79 Å². The van der Waals surface area contributed by atoms with E-state index in [1.165, 1.54) is 0 Å². The summed E-state index contributed by atoms with van der Waals surface area (Å²) in [6.45, 7) is 7.18. The molecule has 0 saturated carbocycles. The zero-order valence-corrected chi connectivity index (χ0v) is 11.8. The predicted octanol–water partition coefficient (Wildman–Crippen LogP) is 3.06. The van der Waals surface area contributed by atoms with E-state index < -0.39 is 0 Å². The van der Waals surface area contributed by atoms with Crippen LogP contribution in [0.3, 0.4) is 0 Å². The molecule has 0 atom stereocenters. The smallest absolute Gasteiger partial charge is 0.191 e. The Bertz CT molecular complexity index is 366. The Morgan fingerprint density at radius 3 is 2.11 bits per heavy atom. The fourth-order valence-corrected chi connectivity index (χ4v) is 1.62. The van der Waals surface area contributed by atoms with Crippen LogP contribution in [0.15, 0.2) is 24.3 Å². The highest BCUT2D eigenvalue weighted by Gasteiger charge is 2.09. The van der Waals surface area contributed by atoms with Crippen LogP contribution in [0.5, 0.6) is 5.75 Å². The normalized spacial score (nSPS) is 10.7. The second-order valence-corrected chi connectivity index (χ2v) is 3.95. The van der Waals surface area contributed by atoms with Crippen LogP contribution in [0, 0.1) is 0 Å². The molecular weight excluding hydrogens is 244 g/mol. The van der Waals surface area contributed by atoms with E-state index in [1.54, 1.807) is 24.3 Å². The van der Waals surface area contributed by atoms with Crippen molar-refractivity contribution in [2.75, 3.05) is 19.8 Å². The minimum atomic E-state index is -0.355. The van der Waals surface area contributed by atoms with Crippen molar-refractivity contribution >= 4 is 5.78 Å². The SMILES string of the molecule is CCOC(COc1ccc(C(=O)CC)cc1)OCC. The molecular formula is C15H22O4. The van der Waals surface area contributed by atoms with E-state index in [-0.39, 0.29) is 12.1 Å². The fraction of sp³-hybridized carbons (Fsp3) is 0.533. The highest BCUT2D eigenvalue weighted by atomic mass is 16.7. The van der Waals surface area contributed by atoms with E-state index in [9.17, 15) is 4.79 Å². The molecule has 0 spiro atoms. The Balaban J connectivity index is 2.50. The number of benzene rings is 1. The second-order valence-electron chi connectivity index (χ2n) is 3.95. The van der Waals surface area contributed by atoms with E-state index >= 15 is 0 Å². The molecule has 0 bridgehead atoms. The molecule has 1 aromatic carbocycles.